The van der Waals surface area contributed by atoms with E-state index in [1.807, 2.05) is 0 Å². The van der Waals surface area contributed by atoms with E-state index in [2.05, 4.69) is 52.0 Å². The van der Waals surface area contributed by atoms with Crippen molar-refractivity contribution in [3.63, 3.8) is 0 Å². The molecule has 0 aliphatic heterocycles. The molecule has 4 N–H and O–H groups in total. The van der Waals surface area contributed by atoms with Gasteiger partial charge in [-0.05, 0) is 71.2 Å². The van der Waals surface area contributed by atoms with Gasteiger partial charge in [-0.15, -0.1) is 0 Å². The molecule has 12 heteroatoms. The molecule has 0 fully saturated rings. The number of hydrogen-bond acceptors (Lipinski definition) is 10. The maximum Gasteiger partial charge on any atom is 0.490 e. The lowest BCUT2D eigenvalue weighted by atomic mass is 9.67. The lowest BCUT2D eigenvalue weighted by Gasteiger charge is -2.35. The van der Waals surface area contributed by atoms with Crippen LogP contribution in [0.5, 0.6) is 0 Å². The number of hydrogen-bond donors (Lipinski definition) is 4. The average Bonchev–Trinajstić information content (AvgIpc) is 1.52. The summed E-state index contributed by atoms with van der Waals surface area (Å²) in [6.07, 6.45) is 77.9. The molecule has 0 atom stereocenters. The molecule has 0 bridgehead atoms. The summed E-state index contributed by atoms with van der Waals surface area (Å²) in [4.78, 5) is 0. The van der Waals surface area contributed by atoms with Gasteiger partial charge in [-0.1, -0.05) is 399 Å². The molecule has 2 aromatic heterocycles. The highest BCUT2D eigenvalue weighted by molar-refractivity contribution is 7.00. The van der Waals surface area contributed by atoms with Gasteiger partial charge in [0.25, 0.3) is 0 Å². The lowest BCUT2D eigenvalue weighted by Crippen LogP contribution is -2.34. The second-order valence-corrected chi connectivity index (χ2v) is 32.0. The Labute approximate surface area is 597 Å². The SMILES string of the molecule is CCCCCCCCCCCCCCCCC1(CCCCCCCCCCCCCCCC)c2cc3c(cc2-c2c1cc(B(O)O)c1nsnc21)C(CCCCCCCCCCCCCCCC)(CCCCCCCCCCCCCCCC)c1cc(B(O)O)c2nsnc2c1-3. The Morgan fingerprint density at radius 2 is 0.438 bits per heavy atom. The van der Waals surface area contributed by atoms with Gasteiger partial charge < -0.3 is 20.1 Å². The molecule has 0 amide bonds. The molecule has 7 rings (SSSR count). The number of unbranched alkanes of at least 4 members (excludes halogenated alkanes) is 52. The second kappa shape index (κ2) is 47.5. The minimum atomic E-state index is -1.66. The smallest absolute Gasteiger partial charge is 0.423 e. The molecule has 538 valence electrons. The predicted molar refractivity (Wildman–Crippen MR) is 420 cm³/mol. The molecule has 0 spiro atoms. The third-order valence-electron chi connectivity index (χ3n) is 23.3. The monoisotopic (exact) mass is 1360 g/mol. The zero-order valence-electron chi connectivity index (χ0n) is 62.3. The van der Waals surface area contributed by atoms with E-state index >= 15 is 0 Å². The van der Waals surface area contributed by atoms with Gasteiger partial charge >= 0.3 is 14.2 Å². The van der Waals surface area contributed by atoms with Crippen LogP contribution in [0.1, 0.15) is 435 Å². The van der Waals surface area contributed by atoms with E-state index in [0.29, 0.717) is 22.0 Å². The molecule has 2 aliphatic rings. The first-order valence-corrected chi connectivity index (χ1v) is 43.2. The molecule has 0 saturated heterocycles. The topological polar surface area (TPSA) is 132 Å². The molecule has 0 radical (unpaired) electrons. The van der Waals surface area contributed by atoms with Crippen molar-refractivity contribution in [3.8, 4) is 22.3 Å². The molecular formula is C84H140B2N4O4S2. The normalized spacial score (nSPS) is 13.6. The zero-order chi connectivity index (χ0) is 67.7. The summed E-state index contributed by atoms with van der Waals surface area (Å²) < 4.78 is 20.0. The van der Waals surface area contributed by atoms with Crippen LogP contribution < -0.4 is 10.9 Å². The fraction of sp³-hybridized carbons (Fsp3) is 0.786. The first-order chi connectivity index (χ1) is 47.3. The van der Waals surface area contributed by atoms with Crippen LogP contribution in [0.25, 0.3) is 44.3 Å². The maximum absolute atomic E-state index is 11.3. The van der Waals surface area contributed by atoms with Crippen molar-refractivity contribution in [2.45, 2.75) is 424 Å². The summed E-state index contributed by atoms with van der Waals surface area (Å²) in [6.45, 7) is 9.22. The fourth-order valence-corrected chi connectivity index (χ4v) is 18.7. The molecule has 8 nitrogen and oxygen atoms in total. The van der Waals surface area contributed by atoms with Crippen LogP contribution in [0, 0.1) is 0 Å². The van der Waals surface area contributed by atoms with Gasteiger partial charge in [-0.2, -0.15) is 17.5 Å². The summed E-state index contributed by atoms with van der Waals surface area (Å²) in [5, 5.41) is 45.3. The number of nitrogens with zero attached hydrogens (tertiary/aromatic N) is 4. The van der Waals surface area contributed by atoms with Gasteiger partial charge in [0.2, 0.25) is 0 Å². The minimum absolute atomic E-state index is 0.370. The van der Waals surface area contributed by atoms with Gasteiger partial charge in [0, 0.05) is 32.9 Å². The van der Waals surface area contributed by atoms with Crippen molar-refractivity contribution in [3.05, 3.63) is 46.5 Å². The van der Waals surface area contributed by atoms with Crippen LogP contribution in [-0.4, -0.2) is 51.8 Å². The highest BCUT2D eigenvalue weighted by Gasteiger charge is 2.50. The summed E-state index contributed by atoms with van der Waals surface area (Å²) in [5.41, 5.74) is 13.0. The predicted octanol–water partition coefficient (Wildman–Crippen LogP) is 25.1. The summed E-state index contributed by atoms with van der Waals surface area (Å²) in [7, 11) is -3.32. The molecule has 2 heterocycles. The fourth-order valence-electron chi connectivity index (χ4n) is 17.5. The van der Waals surface area contributed by atoms with Crippen LogP contribution in [0.2, 0.25) is 0 Å². The standard InChI is InChI=1S/C84H140B2N4O4S2/c1-5-9-13-17-21-25-29-33-37-41-45-49-53-57-61-83(62-58-54-50-46-42-38-34-30-26-22-18-14-10-6-2)71-65-70-72(66-69(71)77-73(83)67-75(85(91)92)79-81(77)89-95-87-79)84(74-68-76(86(93)94)80-82(78(70)74)90-96-88-80,63-59-55-51-47-43-39-35-31-27-23-19-15-11-7-3)64-60-56-52-48-44-40-36-32-28-24-20-16-12-8-4/h65-68,91-94H,5-64H2,1-4H3. The number of benzene rings is 3. The Morgan fingerprint density at radius 1 is 0.250 bits per heavy atom. The third-order valence-corrected chi connectivity index (χ3v) is 24.3. The van der Waals surface area contributed by atoms with Crippen LogP contribution in [0.3, 0.4) is 0 Å². The number of rotatable bonds is 62. The Kier molecular flexibility index (Phi) is 39.8. The Balaban J connectivity index is 1.19. The molecular weight excluding hydrogens is 1210 g/mol. The van der Waals surface area contributed by atoms with Crippen molar-refractivity contribution < 1.29 is 20.1 Å². The Bertz CT molecular complexity index is 2600. The zero-order valence-corrected chi connectivity index (χ0v) is 63.9. The minimum Gasteiger partial charge on any atom is -0.423 e. The summed E-state index contributed by atoms with van der Waals surface area (Å²) >= 11 is 2.39. The molecule has 5 aromatic rings. The summed E-state index contributed by atoms with van der Waals surface area (Å²) in [5.74, 6) is 0. The molecule has 0 saturated carbocycles. The van der Waals surface area contributed by atoms with E-state index in [0.717, 1.165) is 73.5 Å². The van der Waals surface area contributed by atoms with Gasteiger partial charge in [0.15, 0.2) is 0 Å². The highest BCUT2D eigenvalue weighted by atomic mass is 32.1. The van der Waals surface area contributed by atoms with Gasteiger partial charge in [0.05, 0.1) is 23.5 Å². The van der Waals surface area contributed by atoms with E-state index in [-0.39, 0.29) is 10.8 Å². The maximum atomic E-state index is 11.3. The van der Waals surface area contributed by atoms with Gasteiger partial charge in [-0.25, -0.2) is 0 Å². The van der Waals surface area contributed by atoms with Crippen LogP contribution in [0.15, 0.2) is 24.3 Å². The largest absolute Gasteiger partial charge is 0.490 e. The van der Waals surface area contributed by atoms with E-state index in [9.17, 15) is 20.1 Å². The van der Waals surface area contributed by atoms with E-state index in [4.69, 9.17) is 17.5 Å². The Morgan fingerprint density at radius 3 is 0.635 bits per heavy atom. The van der Waals surface area contributed by atoms with Crippen molar-refractivity contribution in [2.24, 2.45) is 0 Å². The van der Waals surface area contributed by atoms with Crippen molar-refractivity contribution in [2.75, 3.05) is 0 Å². The lowest BCUT2D eigenvalue weighted by molar-refractivity contribution is 0.393. The first kappa shape index (κ1) is 80.6. The van der Waals surface area contributed by atoms with Crippen molar-refractivity contribution in [1.82, 2.24) is 17.5 Å². The van der Waals surface area contributed by atoms with Gasteiger partial charge in [0.1, 0.15) is 22.1 Å². The number of aromatic nitrogens is 4. The first-order valence-electron chi connectivity index (χ1n) is 41.8. The average molecular weight is 1360 g/mol. The van der Waals surface area contributed by atoms with Crippen LogP contribution in [0.4, 0.5) is 0 Å². The molecule has 0 unspecified atom stereocenters. The second-order valence-electron chi connectivity index (χ2n) is 30.9. The summed E-state index contributed by atoms with van der Waals surface area (Å²) in [6, 6.07) is 9.57. The Hall–Kier alpha value is -2.73. The molecule has 3 aromatic carbocycles. The van der Waals surface area contributed by atoms with Crippen LogP contribution >= 0.6 is 23.5 Å². The van der Waals surface area contributed by atoms with E-state index in [1.165, 1.54) is 391 Å². The van der Waals surface area contributed by atoms with Crippen LogP contribution in [-0.2, 0) is 10.8 Å². The van der Waals surface area contributed by atoms with E-state index in [1.54, 1.807) is 0 Å². The van der Waals surface area contributed by atoms with Crippen molar-refractivity contribution in [1.29, 1.82) is 0 Å². The number of fused-ring (bicyclic) bond motifs is 10. The van der Waals surface area contributed by atoms with E-state index < -0.39 is 14.2 Å². The third kappa shape index (κ3) is 24.8. The van der Waals surface area contributed by atoms with Gasteiger partial charge in [-0.3, -0.25) is 0 Å². The molecule has 96 heavy (non-hydrogen) atoms. The molecule has 2 aliphatic carbocycles. The quantitative estimate of drug-likeness (QED) is 0.0224. The van der Waals surface area contributed by atoms with Crippen molar-refractivity contribution >= 4 is 70.7 Å². The highest BCUT2D eigenvalue weighted by Crippen LogP contribution is 2.62.